The molecule has 0 aliphatic heterocycles. The Kier molecular flexibility index (Phi) is 4.00. The van der Waals surface area contributed by atoms with Crippen LogP contribution in [0.5, 0.6) is 5.75 Å². The Morgan fingerprint density at radius 3 is 2.40 bits per heavy atom. The molecule has 2 aromatic rings. The molecule has 0 radical (unpaired) electrons. The van der Waals surface area contributed by atoms with Crippen LogP contribution >= 0.6 is 11.6 Å². The fraction of sp³-hybridized carbons (Fsp3) is 0.375. The van der Waals surface area contributed by atoms with E-state index in [4.69, 9.17) is 16.3 Å². The van der Waals surface area contributed by atoms with Crippen molar-refractivity contribution in [1.82, 2.24) is 9.97 Å². The molecule has 0 unspecified atom stereocenters. The van der Waals surface area contributed by atoms with Gasteiger partial charge in [0.25, 0.3) is 0 Å². The minimum Gasteiger partial charge on any atom is -0.496 e. The van der Waals surface area contributed by atoms with Gasteiger partial charge in [0.1, 0.15) is 16.7 Å². The Morgan fingerprint density at radius 2 is 1.80 bits per heavy atom. The first-order valence-electron chi connectivity index (χ1n) is 6.51. The molecule has 0 amide bonds. The van der Waals surface area contributed by atoms with Crippen LogP contribution in [0.1, 0.15) is 32.2 Å². The highest BCUT2D eigenvalue weighted by Crippen LogP contribution is 2.32. The third-order valence-corrected chi connectivity index (χ3v) is 3.19. The molecule has 0 bridgehead atoms. The molecule has 0 saturated carbocycles. The van der Waals surface area contributed by atoms with Gasteiger partial charge in [0.2, 0.25) is 0 Å². The Labute approximate surface area is 125 Å². The van der Waals surface area contributed by atoms with Gasteiger partial charge < -0.3 is 4.74 Å². The van der Waals surface area contributed by atoms with Crippen molar-refractivity contribution in [3.63, 3.8) is 0 Å². The molecular formula is C16H19ClN2O. The third-order valence-electron chi connectivity index (χ3n) is 3.00. The topological polar surface area (TPSA) is 35.0 Å². The predicted molar refractivity (Wildman–Crippen MR) is 82.5 cm³/mol. The van der Waals surface area contributed by atoms with Gasteiger partial charge in [0.05, 0.1) is 12.8 Å². The molecule has 0 atom stereocenters. The Bertz CT molecular complexity index is 633. The van der Waals surface area contributed by atoms with E-state index in [1.165, 1.54) is 0 Å². The number of benzene rings is 1. The molecule has 0 aliphatic rings. The van der Waals surface area contributed by atoms with Gasteiger partial charge in [-0.25, -0.2) is 9.97 Å². The van der Waals surface area contributed by atoms with Gasteiger partial charge in [0.15, 0.2) is 0 Å². The second-order valence-electron chi connectivity index (χ2n) is 5.85. The molecule has 1 aromatic heterocycles. The first-order chi connectivity index (χ1) is 9.31. The molecule has 0 fully saturated rings. The lowest BCUT2D eigenvalue weighted by atomic mass is 9.95. The summed E-state index contributed by atoms with van der Waals surface area (Å²) in [6.07, 6.45) is 0. The van der Waals surface area contributed by atoms with Crippen molar-refractivity contribution in [2.75, 3.05) is 7.11 Å². The quantitative estimate of drug-likeness (QED) is 0.768. The lowest BCUT2D eigenvalue weighted by molar-refractivity contribution is 0.416. The van der Waals surface area contributed by atoms with Crippen LogP contribution in [-0.4, -0.2) is 17.1 Å². The Morgan fingerprint density at radius 1 is 1.10 bits per heavy atom. The van der Waals surface area contributed by atoms with Gasteiger partial charge >= 0.3 is 0 Å². The summed E-state index contributed by atoms with van der Waals surface area (Å²) in [7, 11) is 1.65. The Balaban J connectivity index is 2.64. The number of aryl methyl sites for hydroxylation is 1. The maximum atomic E-state index is 6.15. The SMILES string of the molecule is COc1ccc(C)cc1-c1cc(Cl)nc(C(C)(C)C)n1. The number of halogens is 1. The van der Waals surface area contributed by atoms with Gasteiger partial charge in [-0.1, -0.05) is 44.0 Å². The van der Waals surface area contributed by atoms with Crippen LogP contribution in [0.2, 0.25) is 5.15 Å². The van der Waals surface area contributed by atoms with Gasteiger partial charge in [-0.2, -0.15) is 0 Å². The maximum absolute atomic E-state index is 6.15. The summed E-state index contributed by atoms with van der Waals surface area (Å²) in [5.74, 6) is 1.51. The van der Waals surface area contributed by atoms with E-state index < -0.39 is 0 Å². The van der Waals surface area contributed by atoms with Crippen molar-refractivity contribution in [2.45, 2.75) is 33.1 Å². The fourth-order valence-corrected chi connectivity index (χ4v) is 2.10. The Hall–Kier alpha value is -1.61. The van der Waals surface area contributed by atoms with Crippen LogP contribution in [0.15, 0.2) is 24.3 Å². The molecule has 0 aliphatic carbocycles. The van der Waals surface area contributed by atoms with Crippen molar-refractivity contribution in [3.05, 3.63) is 40.8 Å². The molecule has 1 heterocycles. The lowest BCUT2D eigenvalue weighted by Gasteiger charge is -2.18. The van der Waals surface area contributed by atoms with E-state index in [-0.39, 0.29) is 5.41 Å². The van der Waals surface area contributed by atoms with Gasteiger partial charge in [0, 0.05) is 17.0 Å². The zero-order valence-corrected chi connectivity index (χ0v) is 13.2. The summed E-state index contributed by atoms with van der Waals surface area (Å²) in [6.45, 7) is 8.23. The zero-order chi connectivity index (χ0) is 14.9. The van der Waals surface area contributed by atoms with E-state index in [9.17, 15) is 0 Å². The average molecular weight is 291 g/mol. The predicted octanol–water partition coefficient (Wildman–Crippen LogP) is 4.41. The van der Waals surface area contributed by atoms with Crippen molar-refractivity contribution in [3.8, 4) is 17.0 Å². The zero-order valence-electron chi connectivity index (χ0n) is 12.5. The normalized spacial score (nSPS) is 11.5. The summed E-state index contributed by atoms with van der Waals surface area (Å²) in [6, 6.07) is 7.77. The molecule has 2 rings (SSSR count). The van der Waals surface area contributed by atoms with Crippen LogP contribution in [0.3, 0.4) is 0 Å². The number of methoxy groups -OCH3 is 1. The summed E-state index contributed by atoms with van der Waals surface area (Å²) in [4.78, 5) is 8.97. The van der Waals surface area contributed by atoms with Gasteiger partial charge in [-0.05, 0) is 19.1 Å². The minimum absolute atomic E-state index is 0.156. The van der Waals surface area contributed by atoms with Crippen LogP contribution in [0.4, 0.5) is 0 Å². The fourth-order valence-electron chi connectivity index (χ4n) is 1.91. The second-order valence-corrected chi connectivity index (χ2v) is 6.24. The second kappa shape index (κ2) is 5.41. The standard InChI is InChI=1S/C16H19ClN2O/c1-10-6-7-13(20-5)11(8-10)12-9-14(17)19-15(18-12)16(2,3)4/h6-9H,1-5H3. The molecule has 4 heteroatoms. The summed E-state index contributed by atoms with van der Waals surface area (Å²) in [5, 5.41) is 0.448. The molecule has 0 N–H and O–H groups in total. The number of ether oxygens (including phenoxy) is 1. The first kappa shape index (κ1) is 14.8. The number of nitrogens with zero attached hydrogens (tertiary/aromatic N) is 2. The van der Waals surface area contributed by atoms with Crippen LogP contribution in [0, 0.1) is 6.92 Å². The van der Waals surface area contributed by atoms with Crippen molar-refractivity contribution >= 4 is 11.6 Å². The molecule has 0 spiro atoms. The van der Waals surface area contributed by atoms with Crippen LogP contribution in [0.25, 0.3) is 11.3 Å². The van der Waals surface area contributed by atoms with Crippen molar-refractivity contribution in [2.24, 2.45) is 0 Å². The molecule has 106 valence electrons. The van der Waals surface area contributed by atoms with E-state index in [0.29, 0.717) is 5.15 Å². The van der Waals surface area contributed by atoms with E-state index in [1.54, 1.807) is 13.2 Å². The maximum Gasteiger partial charge on any atom is 0.136 e. The number of hydrogen-bond donors (Lipinski definition) is 0. The van der Waals surface area contributed by atoms with Crippen molar-refractivity contribution in [1.29, 1.82) is 0 Å². The van der Waals surface area contributed by atoms with Crippen LogP contribution in [-0.2, 0) is 5.41 Å². The molecular weight excluding hydrogens is 272 g/mol. The third kappa shape index (κ3) is 3.10. The largest absolute Gasteiger partial charge is 0.496 e. The van der Waals surface area contributed by atoms with E-state index >= 15 is 0 Å². The number of hydrogen-bond acceptors (Lipinski definition) is 3. The number of rotatable bonds is 2. The molecule has 20 heavy (non-hydrogen) atoms. The molecule has 0 saturated heterocycles. The van der Waals surface area contributed by atoms with E-state index in [2.05, 4.69) is 30.7 Å². The highest BCUT2D eigenvalue weighted by molar-refractivity contribution is 6.29. The molecule has 3 nitrogen and oxygen atoms in total. The highest BCUT2D eigenvalue weighted by atomic mass is 35.5. The monoisotopic (exact) mass is 290 g/mol. The summed E-state index contributed by atoms with van der Waals surface area (Å²) in [5.41, 5.74) is 2.71. The molecule has 1 aromatic carbocycles. The lowest BCUT2D eigenvalue weighted by Crippen LogP contribution is -2.16. The van der Waals surface area contributed by atoms with Crippen LogP contribution < -0.4 is 4.74 Å². The summed E-state index contributed by atoms with van der Waals surface area (Å²) < 4.78 is 5.42. The van der Waals surface area contributed by atoms with Gasteiger partial charge in [-0.15, -0.1) is 0 Å². The highest BCUT2D eigenvalue weighted by Gasteiger charge is 2.20. The van der Waals surface area contributed by atoms with Crippen molar-refractivity contribution < 1.29 is 4.74 Å². The average Bonchev–Trinajstić information content (AvgIpc) is 2.37. The van der Waals surface area contributed by atoms with E-state index in [1.807, 2.05) is 25.1 Å². The van der Waals surface area contributed by atoms with E-state index in [0.717, 1.165) is 28.4 Å². The summed E-state index contributed by atoms with van der Waals surface area (Å²) >= 11 is 6.15. The first-order valence-corrected chi connectivity index (χ1v) is 6.89. The smallest absolute Gasteiger partial charge is 0.136 e. The minimum atomic E-state index is -0.156. The number of aromatic nitrogens is 2. The van der Waals surface area contributed by atoms with Gasteiger partial charge in [-0.3, -0.25) is 0 Å².